The third kappa shape index (κ3) is 5.42. The van der Waals surface area contributed by atoms with E-state index in [-0.39, 0.29) is 31.5 Å². The lowest BCUT2D eigenvalue weighted by molar-refractivity contribution is -0.129. The summed E-state index contributed by atoms with van der Waals surface area (Å²) >= 11 is 0. The highest BCUT2D eigenvalue weighted by Gasteiger charge is 2.21. The van der Waals surface area contributed by atoms with Gasteiger partial charge in [-0.15, -0.1) is 0 Å². The van der Waals surface area contributed by atoms with Gasteiger partial charge in [0.05, 0.1) is 25.8 Å². The number of piperazine rings is 1. The molecule has 2 aromatic rings. The number of nitrogens with one attached hydrogen (secondary N) is 2. The normalized spacial score (nSPS) is 13.7. The van der Waals surface area contributed by atoms with E-state index in [4.69, 9.17) is 9.84 Å². The fourth-order valence-corrected chi connectivity index (χ4v) is 3.39. The smallest absolute Gasteiger partial charge is 0.253 e. The molecule has 0 unspecified atom stereocenters. The maximum atomic E-state index is 12.6. The van der Waals surface area contributed by atoms with Crippen molar-refractivity contribution in [2.45, 2.75) is 0 Å². The van der Waals surface area contributed by atoms with E-state index < -0.39 is 0 Å². The fraction of sp³-hybridized carbons (Fsp3) is 0.364. The van der Waals surface area contributed by atoms with Crippen molar-refractivity contribution in [1.29, 1.82) is 0 Å². The van der Waals surface area contributed by atoms with Crippen molar-refractivity contribution >= 4 is 23.2 Å². The summed E-state index contributed by atoms with van der Waals surface area (Å²) in [6, 6.07) is 14.9. The highest BCUT2D eigenvalue weighted by molar-refractivity contribution is 6.00. The number of aliphatic hydroxyl groups is 1. The van der Waals surface area contributed by atoms with Crippen LogP contribution in [0.15, 0.2) is 48.5 Å². The van der Waals surface area contributed by atoms with Gasteiger partial charge in [-0.2, -0.15) is 0 Å². The molecular formula is C22H28N4O4. The quantitative estimate of drug-likeness (QED) is 0.603. The first-order chi connectivity index (χ1) is 14.6. The van der Waals surface area contributed by atoms with Crippen molar-refractivity contribution < 1.29 is 19.4 Å². The third-order valence-electron chi connectivity index (χ3n) is 5.07. The summed E-state index contributed by atoms with van der Waals surface area (Å²) in [6.07, 6.45) is 0. The van der Waals surface area contributed by atoms with Crippen LogP contribution in [0.4, 0.5) is 11.4 Å². The number of carbonyl (C=O) groups is 2. The summed E-state index contributed by atoms with van der Waals surface area (Å²) in [5.74, 6) is 0.534. The van der Waals surface area contributed by atoms with Gasteiger partial charge in [0, 0.05) is 44.1 Å². The fourth-order valence-electron chi connectivity index (χ4n) is 3.39. The Bertz CT molecular complexity index is 848. The molecule has 1 aliphatic heterocycles. The molecule has 0 aromatic heterocycles. The number of benzene rings is 2. The van der Waals surface area contributed by atoms with Gasteiger partial charge in [-0.05, 0) is 36.4 Å². The predicted molar refractivity (Wildman–Crippen MR) is 116 cm³/mol. The average molecular weight is 412 g/mol. The minimum atomic E-state index is -0.285. The Morgan fingerprint density at radius 3 is 2.40 bits per heavy atom. The van der Waals surface area contributed by atoms with Crippen LogP contribution >= 0.6 is 0 Å². The summed E-state index contributed by atoms with van der Waals surface area (Å²) < 4.78 is 5.20. The second-order valence-corrected chi connectivity index (χ2v) is 6.94. The largest absolute Gasteiger partial charge is 0.497 e. The Labute approximate surface area is 176 Å². The molecule has 2 amide bonds. The number of para-hydroxylation sites is 1. The summed E-state index contributed by atoms with van der Waals surface area (Å²) in [5.41, 5.74) is 2.16. The van der Waals surface area contributed by atoms with E-state index in [0.29, 0.717) is 24.3 Å². The van der Waals surface area contributed by atoms with Crippen LogP contribution in [-0.4, -0.2) is 74.8 Å². The number of aliphatic hydroxyl groups excluding tert-OH is 1. The second-order valence-electron chi connectivity index (χ2n) is 6.94. The first-order valence-electron chi connectivity index (χ1n) is 10.0. The molecule has 0 radical (unpaired) electrons. The van der Waals surface area contributed by atoms with Gasteiger partial charge in [-0.3, -0.25) is 9.59 Å². The van der Waals surface area contributed by atoms with Crippen LogP contribution in [0.5, 0.6) is 5.75 Å². The van der Waals surface area contributed by atoms with E-state index in [1.54, 1.807) is 25.3 Å². The zero-order valence-electron chi connectivity index (χ0n) is 17.1. The maximum Gasteiger partial charge on any atom is 0.253 e. The van der Waals surface area contributed by atoms with E-state index in [1.807, 2.05) is 35.2 Å². The van der Waals surface area contributed by atoms with Crippen molar-refractivity contribution in [3.8, 4) is 5.75 Å². The molecule has 0 atom stereocenters. The molecule has 2 aromatic carbocycles. The van der Waals surface area contributed by atoms with E-state index in [1.165, 1.54) is 0 Å². The number of methoxy groups -OCH3 is 1. The molecular weight excluding hydrogens is 384 g/mol. The number of carbonyl (C=O) groups excluding carboxylic acids is 2. The molecule has 0 bridgehead atoms. The van der Waals surface area contributed by atoms with Gasteiger partial charge in [0.2, 0.25) is 5.91 Å². The number of ether oxygens (including phenoxy) is 1. The standard InChI is InChI=1S/C22H28N4O4/c1-30-18-8-6-17(7-9-18)25-11-13-26(14-12-25)21(28)16-24-20-5-3-2-4-19(20)22(29)23-10-15-27/h2-9,24,27H,10-16H2,1H3,(H,23,29). The van der Waals surface area contributed by atoms with Gasteiger partial charge in [0.25, 0.3) is 5.91 Å². The van der Waals surface area contributed by atoms with Gasteiger partial charge < -0.3 is 30.3 Å². The Morgan fingerprint density at radius 2 is 1.73 bits per heavy atom. The Kier molecular flexibility index (Phi) is 7.51. The molecule has 1 fully saturated rings. The molecule has 0 saturated carbocycles. The van der Waals surface area contributed by atoms with Crippen LogP contribution in [-0.2, 0) is 4.79 Å². The van der Waals surface area contributed by atoms with Crippen molar-refractivity contribution in [2.75, 3.05) is 63.2 Å². The van der Waals surface area contributed by atoms with E-state index in [0.717, 1.165) is 24.5 Å². The van der Waals surface area contributed by atoms with Crippen molar-refractivity contribution in [3.05, 3.63) is 54.1 Å². The molecule has 3 rings (SSSR count). The van der Waals surface area contributed by atoms with Gasteiger partial charge >= 0.3 is 0 Å². The highest BCUT2D eigenvalue weighted by atomic mass is 16.5. The average Bonchev–Trinajstić information content (AvgIpc) is 2.81. The lowest BCUT2D eigenvalue weighted by Crippen LogP contribution is -2.50. The monoisotopic (exact) mass is 412 g/mol. The predicted octanol–water partition coefficient (Wildman–Crippen LogP) is 1.18. The number of anilines is 2. The molecule has 160 valence electrons. The van der Waals surface area contributed by atoms with Crippen LogP contribution in [0.1, 0.15) is 10.4 Å². The summed E-state index contributed by atoms with van der Waals surface area (Å²) in [4.78, 5) is 28.9. The minimum Gasteiger partial charge on any atom is -0.497 e. The Morgan fingerprint density at radius 1 is 1.03 bits per heavy atom. The molecule has 0 aliphatic carbocycles. The lowest BCUT2D eigenvalue weighted by atomic mass is 10.1. The maximum absolute atomic E-state index is 12.6. The highest BCUT2D eigenvalue weighted by Crippen LogP contribution is 2.21. The number of nitrogens with zero attached hydrogens (tertiary/aromatic N) is 2. The van der Waals surface area contributed by atoms with Crippen LogP contribution in [0.3, 0.4) is 0 Å². The van der Waals surface area contributed by atoms with Crippen LogP contribution in [0.2, 0.25) is 0 Å². The second kappa shape index (κ2) is 10.5. The number of rotatable bonds is 8. The van der Waals surface area contributed by atoms with Gasteiger partial charge in [-0.25, -0.2) is 0 Å². The number of hydrogen-bond donors (Lipinski definition) is 3. The van der Waals surface area contributed by atoms with E-state index in [2.05, 4.69) is 15.5 Å². The van der Waals surface area contributed by atoms with Crippen molar-refractivity contribution in [3.63, 3.8) is 0 Å². The van der Waals surface area contributed by atoms with E-state index in [9.17, 15) is 9.59 Å². The molecule has 1 heterocycles. The molecule has 0 spiro atoms. The Balaban J connectivity index is 1.51. The zero-order valence-corrected chi connectivity index (χ0v) is 17.1. The zero-order chi connectivity index (χ0) is 21.3. The first kappa shape index (κ1) is 21.4. The Hall–Kier alpha value is -3.26. The molecule has 30 heavy (non-hydrogen) atoms. The molecule has 8 heteroatoms. The molecule has 1 saturated heterocycles. The van der Waals surface area contributed by atoms with Crippen LogP contribution < -0.4 is 20.3 Å². The molecule has 8 nitrogen and oxygen atoms in total. The first-order valence-corrected chi connectivity index (χ1v) is 10.0. The van der Waals surface area contributed by atoms with Crippen LogP contribution in [0, 0.1) is 0 Å². The topological polar surface area (TPSA) is 94.1 Å². The summed E-state index contributed by atoms with van der Waals surface area (Å²) in [6.45, 7) is 2.99. The van der Waals surface area contributed by atoms with Gasteiger partial charge in [0.1, 0.15) is 5.75 Å². The summed E-state index contributed by atoms with van der Waals surface area (Å²) in [5, 5.41) is 14.6. The SMILES string of the molecule is COc1ccc(N2CCN(C(=O)CNc3ccccc3C(=O)NCCO)CC2)cc1. The van der Waals surface area contributed by atoms with Crippen molar-refractivity contribution in [2.24, 2.45) is 0 Å². The lowest BCUT2D eigenvalue weighted by Gasteiger charge is -2.36. The van der Waals surface area contributed by atoms with Gasteiger partial charge in [0.15, 0.2) is 0 Å². The molecule has 3 N–H and O–H groups in total. The number of amides is 2. The molecule has 1 aliphatic rings. The van der Waals surface area contributed by atoms with Gasteiger partial charge in [-0.1, -0.05) is 12.1 Å². The van der Waals surface area contributed by atoms with E-state index >= 15 is 0 Å². The third-order valence-corrected chi connectivity index (χ3v) is 5.07. The van der Waals surface area contributed by atoms with Crippen molar-refractivity contribution in [1.82, 2.24) is 10.2 Å². The number of hydrogen-bond acceptors (Lipinski definition) is 6. The van der Waals surface area contributed by atoms with Crippen LogP contribution in [0.25, 0.3) is 0 Å². The summed E-state index contributed by atoms with van der Waals surface area (Å²) in [7, 11) is 1.65. The minimum absolute atomic E-state index is 0.00468.